The second kappa shape index (κ2) is 4.43. The van der Waals surface area contributed by atoms with Crippen LogP contribution in [0.3, 0.4) is 0 Å². The van der Waals surface area contributed by atoms with Gasteiger partial charge >= 0.3 is 0 Å². The molecule has 0 spiro atoms. The van der Waals surface area contributed by atoms with Crippen molar-refractivity contribution in [1.82, 2.24) is 0 Å². The van der Waals surface area contributed by atoms with E-state index in [1.54, 1.807) is 11.8 Å². The lowest BCUT2D eigenvalue weighted by molar-refractivity contribution is 0.876. The number of anilines is 1. The molecule has 1 heterocycles. The summed E-state index contributed by atoms with van der Waals surface area (Å²) in [5, 5.41) is 2.12. The Labute approximate surface area is 109 Å². The molecule has 1 unspecified atom stereocenters. The van der Waals surface area contributed by atoms with E-state index in [4.69, 9.17) is 5.73 Å². The third-order valence-corrected chi connectivity index (χ3v) is 4.13. The number of hydrogen-bond donors (Lipinski definition) is 1. The van der Waals surface area contributed by atoms with Crippen molar-refractivity contribution in [2.24, 2.45) is 5.73 Å². The lowest BCUT2D eigenvalue weighted by Gasteiger charge is -2.28. The fourth-order valence-electron chi connectivity index (χ4n) is 2.07. The number of allylic oxidation sites excluding steroid dienone is 1. The zero-order chi connectivity index (χ0) is 11.9. The van der Waals surface area contributed by atoms with Crippen LogP contribution < -0.4 is 10.6 Å². The van der Waals surface area contributed by atoms with E-state index in [0.29, 0.717) is 0 Å². The Kier molecular flexibility index (Phi) is 3.33. The van der Waals surface area contributed by atoms with Crippen molar-refractivity contribution in [2.45, 2.75) is 26.3 Å². The Morgan fingerprint density at radius 3 is 2.25 bits per heavy atom. The molecule has 2 rings (SSSR count). The quantitative estimate of drug-likeness (QED) is 0.857. The van der Waals surface area contributed by atoms with E-state index in [9.17, 15) is 0 Å². The number of rotatable bonds is 1. The summed E-state index contributed by atoms with van der Waals surface area (Å²) in [4.78, 5) is 2.20. The molecule has 0 saturated heterocycles. The van der Waals surface area contributed by atoms with E-state index >= 15 is 0 Å². The number of aryl methyl sites for hydroxylation is 2. The van der Waals surface area contributed by atoms with Crippen LogP contribution in [0.4, 0.5) is 5.69 Å². The van der Waals surface area contributed by atoms with Crippen molar-refractivity contribution in [2.75, 3.05) is 4.90 Å². The topological polar surface area (TPSA) is 29.3 Å². The van der Waals surface area contributed by atoms with Crippen molar-refractivity contribution in [3.63, 3.8) is 0 Å². The lowest BCUT2D eigenvalue weighted by Crippen LogP contribution is -2.35. The first kappa shape index (κ1) is 12.0. The molecule has 1 aromatic carbocycles. The maximum absolute atomic E-state index is 6.10. The molecule has 1 aliphatic heterocycles. The Balaban J connectivity index is 2.52. The minimum absolute atomic E-state index is 0.00132. The second-order valence-electron chi connectivity index (χ2n) is 4.04. The molecule has 0 fully saturated rings. The van der Waals surface area contributed by atoms with E-state index < -0.39 is 0 Å². The largest absolute Gasteiger partial charge is 0.319 e. The fraction of sp³-hybridized carbons (Fsp3) is 0.333. The Morgan fingerprint density at radius 2 is 1.81 bits per heavy atom. The normalized spacial score (nSPS) is 20.2. The predicted octanol–water partition coefficient (Wildman–Crippen LogP) is 3.72. The van der Waals surface area contributed by atoms with Crippen molar-refractivity contribution in [1.29, 1.82) is 0 Å². The molecular formula is C12H15BrN2S. The van der Waals surface area contributed by atoms with Gasteiger partial charge in [0.1, 0.15) is 5.50 Å². The molecule has 1 aliphatic rings. The summed E-state index contributed by atoms with van der Waals surface area (Å²) in [5.74, 6) is 0. The molecule has 0 aliphatic carbocycles. The maximum atomic E-state index is 6.10. The van der Waals surface area contributed by atoms with Crippen LogP contribution in [0.2, 0.25) is 0 Å². The van der Waals surface area contributed by atoms with E-state index in [1.807, 2.05) is 0 Å². The Hall–Kier alpha value is -0.450. The van der Waals surface area contributed by atoms with Gasteiger partial charge in [-0.25, -0.2) is 0 Å². The number of nitrogens with two attached hydrogens (primary N) is 1. The Morgan fingerprint density at radius 1 is 1.25 bits per heavy atom. The van der Waals surface area contributed by atoms with E-state index in [-0.39, 0.29) is 5.50 Å². The van der Waals surface area contributed by atoms with Crippen molar-refractivity contribution >= 4 is 33.4 Å². The molecule has 1 atom stereocenters. The molecular weight excluding hydrogens is 284 g/mol. The van der Waals surface area contributed by atoms with Crippen LogP contribution >= 0.6 is 27.7 Å². The molecule has 2 nitrogen and oxygen atoms in total. The Bertz CT molecular complexity index is 433. The van der Waals surface area contributed by atoms with Gasteiger partial charge in [0.2, 0.25) is 0 Å². The van der Waals surface area contributed by atoms with Gasteiger partial charge in [0.15, 0.2) is 0 Å². The zero-order valence-corrected chi connectivity index (χ0v) is 12.0. The van der Waals surface area contributed by atoms with Crippen molar-refractivity contribution < 1.29 is 0 Å². The maximum Gasteiger partial charge on any atom is 0.133 e. The molecule has 0 saturated carbocycles. The summed E-state index contributed by atoms with van der Waals surface area (Å²) >= 11 is 5.18. The number of nitrogens with zero attached hydrogens (tertiary/aromatic N) is 1. The summed E-state index contributed by atoms with van der Waals surface area (Å²) < 4.78 is 1.12. The number of hydrogen-bond acceptors (Lipinski definition) is 3. The van der Waals surface area contributed by atoms with Crippen LogP contribution in [0.25, 0.3) is 0 Å². The highest BCUT2D eigenvalue weighted by atomic mass is 79.9. The van der Waals surface area contributed by atoms with Gasteiger partial charge in [0, 0.05) is 15.9 Å². The van der Waals surface area contributed by atoms with Crippen LogP contribution in [-0.2, 0) is 0 Å². The third-order valence-electron chi connectivity index (χ3n) is 2.71. The average Bonchev–Trinajstić information content (AvgIpc) is 2.47. The van der Waals surface area contributed by atoms with Gasteiger partial charge in [0.05, 0.1) is 0 Å². The first-order valence-corrected chi connectivity index (χ1v) is 6.88. The van der Waals surface area contributed by atoms with Crippen LogP contribution in [0, 0.1) is 13.8 Å². The minimum Gasteiger partial charge on any atom is -0.319 e. The monoisotopic (exact) mass is 298 g/mol. The van der Waals surface area contributed by atoms with E-state index in [2.05, 4.69) is 59.1 Å². The molecule has 2 N–H and O–H groups in total. The number of thioether (sulfide) groups is 1. The first-order chi connectivity index (χ1) is 7.50. The van der Waals surface area contributed by atoms with Crippen LogP contribution in [0.15, 0.2) is 27.7 Å². The van der Waals surface area contributed by atoms with E-state index in [1.165, 1.54) is 22.5 Å². The van der Waals surface area contributed by atoms with Gasteiger partial charge in [-0.3, -0.25) is 0 Å². The highest BCUT2D eigenvalue weighted by molar-refractivity contribution is 9.10. The molecule has 4 heteroatoms. The van der Waals surface area contributed by atoms with Gasteiger partial charge in [-0.1, -0.05) is 27.7 Å². The van der Waals surface area contributed by atoms with Crippen molar-refractivity contribution in [3.05, 3.63) is 38.8 Å². The van der Waals surface area contributed by atoms with Crippen LogP contribution in [0.1, 0.15) is 18.1 Å². The molecule has 0 bridgehead atoms. The van der Waals surface area contributed by atoms with Gasteiger partial charge in [0.25, 0.3) is 0 Å². The third kappa shape index (κ3) is 2.01. The molecule has 1 aromatic rings. The summed E-state index contributed by atoms with van der Waals surface area (Å²) in [7, 11) is 0. The average molecular weight is 299 g/mol. The predicted molar refractivity (Wildman–Crippen MR) is 75.4 cm³/mol. The zero-order valence-electron chi connectivity index (χ0n) is 9.62. The van der Waals surface area contributed by atoms with Gasteiger partial charge in [-0.05, 0) is 49.4 Å². The highest BCUT2D eigenvalue weighted by Gasteiger charge is 2.24. The summed E-state index contributed by atoms with van der Waals surface area (Å²) in [6.07, 6.45) is 0. The minimum atomic E-state index is -0.00132. The molecule has 16 heavy (non-hydrogen) atoms. The summed E-state index contributed by atoms with van der Waals surface area (Å²) in [6.45, 7) is 6.34. The van der Waals surface area contributed by atoms with Crippen LogP contribution in [0.5, 0.6) is 0 Å². The van der Waals surface area contributed by atoms with E-state index in [0.717, 1.165) is 4.47 Å². The number of benzene rings is 1. The van der Waals surface area contributed by atoms with Gasteiger partial charge in [-0.15, -0.1) is 0 Å². The summed E-state index contributed by atoms with van der Waals surface area (Å²) in [6, 6.07) is 4.26. The molecule has 0 radical (unpaired) electrons. The first-order valence-electron chi connectivity index (χ1n) is 5.14. The van der Waals surface area contributed by atoms with Gasteiger partial charge < -0.3 is 10.6 Å². The molecule has 0 amide bonds. The van der Waals surface area contributed by atoms with Crippen LogP contribution in [-0.4, -0.2) is 5.50 Å². The fourth-order valence-corrected chi connectivity index (χ4v) is 3.60. The highest BCUT2D eigenvalue weighted by Crippen LogP contribution is 2.37. The van der Waals surface area contributed by atoms with Gasteiger partial charge in [-0.2, -0.15) is 0 Å². The van der Waals surface area contributed by atoms with Crippen molar-refractivity contribution in [3.8, 4) is 0 Å². The smallest absolute Gasteiger partial charge is 0.133 e. The SMILES string of the molecule is CC1=CSC(N)N1c1c(C)cc(Br)cc1C. The number of halogens is 1. The second-order valence-corrected chi connectivity index (χ2v) is 5.95. The summed E-state index contributed by atoms with van der Waals surface area (Å²) in [5.41, 5.74) is 11.0. The standard InChI is InChI=1S/C12H15BrN2S/c1-7-4-10(13)5-8(2)11(7)15-9(3)6-16-12(15)14/h4-6,12H,14H2,1-3H3. The molecule has 86 valence electrons. The lowest BCUT2D eigenvalue weighted by atomic mass is 10.1. The molecule has 0 aromatic heterocycles.